The molecule has 3 rings (SSSR count). The summed E-state index contributed by atoms with van der Waals surface area (Å²) in [5, 5.41) is 0. The normalized spacial score (nSPS) is 17.0. The summed E-state index contributed by atoms with van der Waals surface area (Å²) in [6, 6.07) is 15.0. The lowest BCUT2D eigenvalue weighted by Crippen LogP contribution is -2.35. The predicted molar refractivity (Wildman–Crippen MR) is 88.4 cm³/mol. The van der Waals surface area contributed by atoms with Crippen molar-refractivity contribution in [3.63, 3.8) is 0 Å². The molecular weight excluding hydrogens is 315 g/mol. The van der Waals surface area contributed by atoms with E-state index in [1.807, 2.05) is 30.3 Å². The van der Waals surface area contributed by atoms with Crippen LogP contribution in [-0.4, -0.2) is 38.9 Å². The van der Waals surface area contributed by atoms with E-state index in [1.54, 1.807) is 0 Å². The van der Waals surface area contributed by atoms with E-state index in [0.29, 0.717) is 19.6 Å². The number of anilines is 1. The topological polar surface area (TPSA) is 40.6 Å². The molecule has 0 amide bonds. The Morgan fingerprint density at radius 2 is 1.52 bits per heavy atom. The lowest BCUT2D eigenvalue weighted by atomic mass is 10.3. The highest BCUT2D eigenvalue weighted by Crippen LogP contribution is 2.20. The van der Waals surface area contributed by atoms with Gasteiger partial charge in [-0.3, -0.25) is 0 Å². The molecule has 1 aliphatic rings. The van der Waals surface area contributed by atoms with Crippen molar-refractivity contribution in [3.8, 4) is 0 Å². The van der Waals surface area contributed by atoms with Crippen molar-refractivity contribution < 1.29 is 12.8 Å². The molecule has 0 saturated carbocycles. The first-order valence-electron chi connectivity index (χ1n) is 7.63. The van der Waals surface area contributed by atoms with Crippen LogP contribution in [0.2, 0.25) is 0 Å². The molecule has 0 bridgehead atoms. The molecule has 4 nitrogen and oxygen atoms in total. The average molecular weight is 334 g/mol. The summed E-state index contributed by atoms with van der Waals surface area (Å²) in [6.45, 7) is 2.36. The molecule has 2 aromatic rings. The molecule has 0 atom stereocenters. The third-order valence-electron chi connectivity index (χ3n) is 4.03. The van der Waals surface area contributed by atoms with E-state index < -0.39 is 15.8 Å². The number of hydrogen-bond donors (Lipinski definition) is 0. The van der Waals surface area contributed by atoms with Crippen LogP contribution in [0.1, 0.15) is 6.42 Å². The Hall–Kier alpha value is -1.92. The minimum atomic E-state index is -3.57. The summed E-state index contributed by atoms with van der Waals surface area (Å²) >= 11 is 0. The largest absolute Gasteiger partial charge is 0.370 e. The van der Waals surface area contributed by atoms with Gasteiger partial charge < -0.3 is 4.90 Å². The standard InChI is InChI=1S/C17H19FN2O2S/c18-15-7-9-17(10-8-15)23(21,22)20-12-4-11-19(13-14-20)16-5-2-1-3-6-16/h1-3,5-10H,4,11-14H2. The quantitative estimate of drug-likeness (QED) is 0.867. The van der Waals surface area contributed by atoms with Gasteiger partial charge in [-0.2, -0.15) is 4.31 Å². The highest BCUT2D eigenvalue weighted by Gasteiger charge is 2.26. The van der Waals surface area contributed by atoms with E-state index in [0.717, 1.165) is 18.7 Å². The van der Waals surface area contributed by atoms with Gasteiger partial charge in [0.2, 0.25) is 10.0 Å². The molecule has 0 aliphatic carbocycles. The van der Waals surface area contributed by atoms with E-state index in [-0.39, 0.29) is 4.90 Å². The second kappa shape index (κ2) is 6.68. The Morgan fingerprint density at radius 1 is 0.826 bits per heavy atom. The third-order valence-corrected chi connectivity index (χ3v) is 5.94. The molecule has 1 fully saturated rings. The number of rotatable bonds is 3. The number of para-hydroxylation sites is 1. The Morgan fingerprint density at radius 3 is 2.22 bits per heavy atom. The van der Waals surface area contributed by atoms with E-state index in [1.165, 1.54) is 28.6 Å². The van der Waals surface area contributed by atoms with Crippen LogP contribution in [0.15, 0.2) is 59.5 Å². The highest BCUT2D eigenvalue weighted by atomic mass is 32.2. The molecule has 6 heteroatoms. The van der Waals surface area contributed by atoms with Gasteiger partial charge in [0, 0.05) is 31.9 Å². The van der Waals surface area contributed by atoms with Gasteiger partial charge in [-0.15, -0.1) is 0 Å². The second-order valence-corrected chi connectivity index (χ2v) is 7.47. The SMILES string of the molecule is O=S(=O)(c1ccc(F)cc1)N1CCCN(c2ccccc2)CC1. The molecule has 0 N–H and O–H groups in total. The summed E-state index contributed by atoms with van der Waals surface area (Å²) in [6.07, 6.45) is 0.759. The number of benzene rings is 2. The molecule has 1 heterocycles. The van der Waals surface area contributed by atoms with Crippen LogP contribution in [0.5, 0.6) is 0 Å². The zero-order valence-corrected chi connectivity index (χ0v) is 13.5. The second-order valence-electron chi connectivity index (χ2n) is 5.53. The summed E-state index contributed by atoms with van der Waals surface area (Å²) in [5.41, 5.74) is 1.11. The van der Waals surface area contributed by atoms with Gasteiger partial charge in [-0.05, 0) is 42.8 Å². The predicted octanol–water partition coefficient (Wildman–Crippen LogP) is 2.73. The van der Waals surface area contributed by atoms with E-state index in [2.05, 4.69) is 4.90 Å². The van der Waals surface area contributed by atoms with Crippen molar-refractivity contribution in [2.45, 2.75) is 11.3 Å². The smallest absolute Gasteiger partial charge is 0.243 e. The van der Waals surface area contributed by atoms with Gasteiger partial charge in [0.1, 0.15) is 5.82 Å². The molecule has 1 saturated heterocycles. The highest BCUT2D eigenvalue weighted by molar-refractivity contribution is 7.89. The summed E-state index contributed by atoms with van der Waals surface area (Å²) in [5.74, 6) is -0.435. The lowest BCUT2D eigenvalue weighted by molar-refractivity contribution is 0.433. The first-order chi connectivity index (χ1) is 11.1. The van der Waals surface area contributed by atoms with Crippen molar-refractivity contribution in [1.29, 1.82) is 0 Å². The fourth-order valence-electron chi connectivity index (χ4n) is 2.79. The van der Waals surface area contributed by atoms with Gasteiger partial charge in [-0.25, -0.2) is 12.8 Å². The maximum Gasteiger partial charge on any atom is 0.243 e. The molecule has 0 aromatic heterocycles. The van der Waals surface area contributed by atoms with Gasteiger partial charge in [-0.1, -0.05) is 18.2 Å². The van der Waals surface area contributed by atoms with Crippen molar-refractivity contribution in [1.82, 2.24) is 4.31 Å². The van der Waals surface area contributed by atoms with Crippen LogP contribution in [-0.2, 0) is 10.0 Å². The van der Waals surface area contributed by atoms with Crippen molar-refractivity contribution in [3.05, 3.63) is 60.4 Å². The van der Waals surface area contributed by atoms with Crippen LogP contribution >= 0.6 is 0 Å². The summed E-state index contributed by atoms with van der Waals surface area (Å²) < 4.78 is 39.9. The molecule has 2 aromatic carbocycles. The minimum absolute atomic E-state index is 0.145. The number of hydrogen-bond acceptors (Lipinski definition) is 3. The Balaban J connectivity index is 1.76. The van der Waals surface area contributed by atoms with Gasteiger partial charge >= 0.3 is 0 Å². The van der Waals surface area contributed by atoms with Crippen LogP contribution in [0.4, 0.5) is 10.1 Å². The molecule has 0 unspecified atom stereocenters. The zero-order valence-electron chi connectivity index (χ0n) is 12.7. The van der Waals surface area contributed by atoms with Crippen LogP contribution in [0, 0.1) is 5.82 Å². The van der Waals surface area contributed by atoms with Gasteiger partial charge in [0.15, 0.2) is 0 Å². The fourth-order valence-corrected chi connectivity index (χ4v) is 4.26. The molecule has 0 spiro atoms. The van der Waals surface area contributed by atoms with Gasteiger partial charge in [0.05, 0.1) is 4.90 Å². The Kier molecular flexibility index (Phi) is 4.63. The lowest BCUT2D eigenvalue weighted by Gasteiger charge is -2.23. The first kappa shape index (κ1) is 16.0. The van der Waals surface area contributed by atoms with Crippen LogP contribution in [0.3, 0.4) is 0 Å². The van der Waals surface area contributed by atoms with E-state index in [9.17, 15) is 12.8 Å². The molecule has 122 valence electrons. The summed E-state index contributed by atoms with van der Waals surface area (Å²) in [4.78, 5) is 2.34. The fraction of sp³-hybridized carbons (Fsp3) is 0.294. The van der Waals surface area contributed by atoms with Crippen molar-refractivity contribution >= 4 is 15.7 Å². The molecule has 23 heavy (non-hydrogen) atoms. The minimum Gasteiger partial charge on any atom is -0.370 e. The van der Waals surface area contributed by atoms with Gasteiger partial charge in [0.25, 0.3) is 0 Å². The zero-order chi connectivity index (χ0) is 16.3. The average Bonchev–Trinajstić information content (AvgIpc) is 2.83. The number of halogens is 1. The van der Waals surface area contributed by atoms with Crippen LogP contribution in [0.25, 0.3) is 0 Å². The van der Waals surface area contributed by atoms with E-state index in [4.69, 9.17) is 0 Å². The summed E-state index contributed by atoms with van der Waals surface area (Å²) in [7, 11) is -3.57. The molecule has 1 aliphatic heterocycles. The van der Waals surface area contributed by atoms with E-state index >= 15 is 0 Å². The number of sulfonamides is 1. The Labute approximate surface area is 136 Å². The molecule has 0 radical (unpaired) electrons. The van der Waals surface area contributed by atoms with Crippen LogP contribution < -0.4 is 4.90 Å². The Bertz CT molecular complexity index is 748. The monoisotopic (exact) mass is 334 g/mol. The first-order valence-corrected chi connectivity index (χ1v) is 9.07. The number of nitrogens with zero attached hydrogens (tertiary/aromatic N) is 2. The van der Waals surface area contributed by atoms with Crippen molar-refractivity contribution in [2.75, 3.05) is 31.1 Å². The maximum atomic E-state index is 13.0. The maximum absolute atomic E-state index is 13.0. The van der Waals surface area contributed by atoms with Crippen molar-refractivity contribution in [2.24, 2.45) is 0 Å². The molecular formula is C17H19FN2O2S. The third kappa shape index (κ3) is 3.54.